The quantitative estimate of drug-likeness (QED) is 0.886. The number of imidazole rings is 1. The maximum Gasteiger partial charge on any atom is 0.0951 e. The van der Waals surface area contributed by atoms with Gasteiger partial charge in [0.1, 0.15) is 0 Å². The molecular formula is C15H25N3. The summed E-state index contributed by atoms with van der Waals surface area (Å²) in [4.78, 5) is 4.59. The van der Waals surface area contributed by atoms with E-state index in [4.69, 9.17) is 0 Å². The number of nitrogens with one attached hydrogen (secondary N) is 1. The number of hydrogen-bond donors (Lipinski definition) is 1. The molecule has 0 amide bonds. The average molecular weight is 247 g/mol. The van der Waals surface area contributed by atoms with E-state index in [0.717, 1.165) is 18.5 Å². The van der Waals surface area contributed by atoms with Gasteiger partial charge in [0, 0.05) is 18.3 Å². The minimum Gasteiger partial charge on any atom is -0.335 e. The van der Waals surface area contributed by atoms with Gasteiger partial charge in [-0.1, -0.05) is 12.8 Å². The van der Waals surface area contributed by atoms with E-state index in [9.17, 15) is 0 Å². The van der Waals surface area contributed by atoms with Gasteiger partial charge in [-0.15, -0.1) is 0 Å². The molecule has 1 aromatic heterocycles. The molecule has 0 bridgehead atoms. The van der Waals surface area contributed by atoms with Crippen LogP contribution in [0, 0.1) is 5.92 Å². The summed E-state index contributed by atoms with van der Waals surface area (Å²) in [7, 11) is 0. The molecule has 3 nitrogen and oxygen atoms in total. The lowest BCUT2D eigenvalue weighted by atomic mass is 9.89. The highest BCUT2D eigenvalue weighted by atomic mass is 15.1. The molecule has 18 heavy (non-hydrogen) atoms. The first-order valence-corrected chi connectivity index (χ1v) is 7.63. The Kier molecular flexibility index (Phi) is 3.69. The second-order valence-electron chi connectivity index (χ2n) is 5.92. The summed E-state index contributed by atoms with van der Waals surface area (Å²) in [6.07, 6.45) is 11.4. The topological polar surface area (TPSA) is 29.9 Å². The third-order valence-corrected chi connectivity index (χ3v) is 4.70. The molecule has 0 aromatic carbocycles. The summed E-state index contributed by atoms with van der Waals surface area (Å²) in [5.74, 6) is 0.804. The molecule has 0 radical (unpaired) electrons. The fraction of sp³-hybridized carbons (Fsp3) is 0.800. The Morgan fingerprint density at radius 3 is 2.94 bits per heavy atom. The molecule has 2 aliphatic rings. The van der Waals surface area contributed by atoms with Crippen LogP contribution < -0.4 is 5.32 Å². The molecule has 1 aromatic rings. The number of nitrogens with zero attached hydrogens (tertiary/aromatic N) is 2. The number of hydrogen-bond acceptors (Lipinski definition) is 2. The van der Waals surface area contributed by atoms with Crippen molar-refractivity contribution >= 4 is 0 Å². The molecule has 1 heterocycles. The van der Waals surface area contributed by atoms with Crippen molar-refractivity contribution in [2.24, 2.45) is 5.92 Å². The standard InChI is InChI=1S/C15H25N3/c1-2-18-11-17-14-9-12(7-8-15(14)18)10-16-13-5-3-4-6-13/h11-13,16H,2-10H2,1H3. The third-order valence-electron chi connectivity index (χ3n) is 4.70. The van der Waals surface area contributed by atoms with Crippen molar-refractivity contribution in [3.8, 4) is 0 Å². The van der Waals surface area contributed by atoms with Crippen molar-refractivity contribution in [3.05, 3.63) is 17.7 Å². The van der Waals surface area contributed by atoms with Gasteiger partial charge in [-0.25, -0.2) is 4.98 Å². The normalized spacial score (nSPS) is 24.4. The van der Waals surface area contributed by atoms with E-state index in [1.54, 1.807) is 0 Å². The predicted molar refractivity (Wildman–Crippen MR) is 73.7 cm³/mol. The molecule has 2 aliphatic carbocycles. The summed E-state index contributed by atoms with van der Waals surface area (Å²) in [6, 6.07) is 0.805. The van der Waals surface area contributed by atoms with Crippen LogP contribution in [0.5, 0.6) is 0 Å². The second-order valence-corrected chi connectivity index (χ2v) is 5.92. The highest BCUT2D eigenvalue weighted by Gasteiger charge is 2.23. The van der Waals surface area contributed by atoms with Crippen LogP contribution in [0.1, 0.15) is 50.4 Å². The zero-order chi connectivity index (χ0) is 12.4. The molecule has 1 unspecified atom stereocenters. The number of rotatable bonds is 4. The van der Waals surface area contributed by atoms with Gasteiger partial charge in [-0.2, -0.15) is 0 Å². The molecule has 0 spiro atoms. The van der Waals surface area contributed by atoms with Crippen molar-refractivity contribution in [2.45, 2.75) is 64.5 Å². The SMILES string of the molecule is CCn1cnc2c1CCC(CNC1CCCC1)C2. The fourth-order valence-electron chi connectivity index (χ4n) is 3.53. The van der Waals surface area contributed by atoms with Gasteiger partial charge in [0.15, 0.2) is 0 Å². The lowest BCUT2D eigenvalue weighted by molar-refractivity contribution is 0.384. The minimum absolute atomic E-state index is 0.804. The van der Waals surface area contributed by atoms with Crippen molar-refractivity contribution in [2.75, 3.05) is 6.54 Å². The summed E-state index contributed by atoms with van der Waals surface area (Å²) in [5, 5.41) is 3.77. The monoisotopic (exact) mass is 247 g/mol. The van der Waals surface area contributed by atoms with Crippen molar-refractivity contribution < 1.29 is 0 Å². The Labute approximate surface area is 110 Å². The van der Waals surface area contributed by atoms with Crippen LogP contribution in [0.3, 0.4) is 0 Å². The summed E-state index contributed by atoms with van der Waals surface area (Å²) >= 11 is 0. The van der Waals surface area contributed by atoms with Crippen LogP contribution >= 0.6 is 0 Å². The number of aromatic nitrogens is 2. The fourth-order valence-corrected chi connectivity index (χ4v) is 3.53. The third kappa shape index (κ3) is 2.46. The Morgan fingerprint density at radius 1 is 1.33 bits per heavy atom. The molecule has 1 fully saturated rings. The van der Waals surface area contributed by atoms with Gasteiger partial charge < -0.3 is 9.88 Å². The van der Waals surface area contributed by atoms with Crippen LogP contribution in [0.25, 0.3) is 0 Å². The van der Waals surface area contributed by atoms with E-state index < -0.39 is 0 Å². The maximum absolute atomic E-state index is 4.59. The molecule has 1 saturated carbocycles. The Balaban J connectivity index is 1.54. The molecule has 0 saturated heterocycles. The molecule has 1 N–H and O–H groups in total. The summed E-state index contributed by atoms with van der Waals surface area (Å²) < 4.78 is 2.32. The van der Waals surface area contributed by atoms with Gasteiger partial charge in [-0.05, 0) is 51.5 Å². The number of fused-ring (bicyclic) bond motifs is 1. The zero-order valence-electron chi connectivity index (χ0n) is 11.5. The van der Waals surface area contributed by atoms with Crippen LogP contribution in [-0.4, -0.2) is 22.1 Å². The van der Waals surface area contributed by atoms with E-state index >= 15 is 0 Å². The zero-order valence-corrected chi connectivity index (χ0v) is 11.5. The first-order chi connectivity index (χ1) is 8.86. The van der Waals surface area contributed by atoms with Crippen LogP contribution in [-0.2, 0) is 19.4 Å². The lowest BCUT2D eigenvalue weighted by Gasteiger charge is -2.24. The van der Waals surface area contributed by atoms with Gasteiger partial charge in [0.05, 0.1) is 12.0 Å². The molecule has 3 heteroatoms. The number of aryl methyl sites for hydroxylation is 1. The van der Waals surface area contributed by atoms with Crippen molar-refractivity contribution in [1.29, 1.82) is 0 Å². The van der Waals surface area contributed by atoms with Gasteiger partial charge in [0.25, 0.3) is 0 Å². The molecule has 0 aliphatic heterocycles. The summed E-state index contributed by atoms with van der Waals surface area (Å²) in [5.41, 5.74) is 2.86. The van der Waals surface area contributed by atoms with Crippen LogP contribution in [0.2, 0.25) is 0 Å². The van der Waals surface area contributed by atoms with Crippen LogP contribution in [0.4, 0.5) is 0 Å². The highest BCUT2D eigenvalue weighted by Crippen LogP contribution is 2.25. The molecular weight excluding hydrogens is 222 g/mol. The minimum atomic E-state index is 0.804. The van der Waals surface area contributed by atoms with E-state index in [1.807, 2.05) is 6.33 Å². The molecule has 3 rings (SSSR count). The Hall–Kier alpha value is -0.830. The Morgan fingerprint density at radius 2 is 2.17 bits per heavy atom. The molecule has 1 atom stereocenters. The Bertz CT molecular complexity index is 390. The van der Waals surface area contributed by atoms with Gasteiger partial charge in [0.2, 0.25) is 0 Å². The average Bonchev–Trinajstić information content (AvgIpc) is 3.05. The largest absolute Gasteiger partial charge is 0.335 e. The van der Waals surface area contributed by atoms with Crippen molar-refractivity contribution in [1.82, 2.24) is 14.9 Å². The lowest BCUT2D eigenvalue weighted by Crippen LogP contribution is -2.33. The predicted octanol–water partition coefficient (Wildman–Crippen LogP) is 2.54. The molecule has 100 valence electrons. The maximum atomic E-state index is 4.59. The van der Waals surface area contributed by atoms with E-state index in [0.29, 0.717) is 0 Å². The highest BCUT2D eigenvalue weighted by molar-refractivity contribution is 5.17. The van der Waals surface area contributed by atoms with E-state index in [-0.39, 0.29) is 0 Å². The van der Waals surface area contributed by atoms with Crippen LogP contribution in [0.15, 0.2) is 6.33 Å². The van der Waals surface area contributed by atoms with E-state index in [2.05, 4.69) is 21.8 Å². The smallest absolute Gasteiger partial charge is 0.0951 e. The van der Waals surface area contributed by atoms with E-state index in [1.165, 1.54) is 62.9 Å². The first-order valence-electron chi connectivity index (χ1n) is 7.63. The van der Waals surface area contributed by atoms with Gasteiger partial charge in [-0.3, -0.25) is 0 Å². The van der Waals surface area contributed by atoms with Crippen molar-refractivity contribution in [3.63, 3.8) is 0 Å². The summed E-state index contributed by atoms with van der Waals surface area (Å²) in [6.45, 7) is 4.46. The van der Waals surface area contributed by atoms with Gasteiger partial charge >= 0.3 is 0 Å². The second kappa shape index (κ2) is 5.43. The first kappa shape index (κ1) is 12.2.